The van der Waals surface area contributed by atoms with Crippen molar-refractivity contribution in [3.8, 4) is 0 Å². The molecule has 2 rings (SSSR count). The Morgan fingerprint density at radius 1 is 1.50 bits per heavy atom. The summed E-state index contributed by atoms with van der Waals surface area (Å²) in [4.78, 5) is 10.8. The summed E-state index contributed by atoms with van der Waals surface area (Å²) in [6.07, 6.45) is 1.44. The van der Waals surface area contributed by atoms with Crippen LogP contribution in [0.2, 0.25) is 0 Å². The molecule has 2 aromatic rings. The van der Waals surface area contributed by atoms with Gasteiger partial charge in [-0.1, -0.05) is 0 Å². The molecule has 1 aromatic carbocycles. The van der Waals surface area contributed by atoms with Crippen LogP contribution in [0.3, 0.4) is 0 Å². The van der Waals surface area contributed by atoms with Gasteiger partial charge in [-0.3, -0.25) is 0 Å². The maximum absolute atomic E-state index is 10.8. The Balaban J connectivity index is 2.88. The van der Waals surface area contributed by atoms with Crippen LogP contribution in [-0.2, 0) is 0 Å². The van der Waals surface area contributed by atoms with Gasteiger partial charge in [-0.15, -0.1) is 0 Å². The molecule has 0 atom stereocenters. The quantitative estimate of drug-likeness (QED) is 0.768. The predicted molar refractivity (Wildman–Crippen MR) is 55.3 cm³/mol. The number of aromatic carboxylic acids is 1. The maximum atomic E-state index is 10.8. The molecule has 1 heterocycles. The molecule has 0 spiro atoms. The second kappa shape index (κ2) is 3.02. The number of nitrogen functional groups attached to an aromatic ring is 1. The van der Waals surface area contributed by atoms with E-state index in [0.717, 1.165) is 0 Å². The zero-order chi connectivity index (χ0) is 10.3. The van der Waals surface area contributed by atoms with E-state index in [2.05, 4.69) is 15.9 Å². The van der Waals surface area contributed by atoms with E-state index in [1.165, 1.54) is 12.3 Å². The Morgan fingerprint density at radius 3 is 2.86 bits per heavy atom. The molecule has 14 heavy (non-hydrogen) atoms. The van der Waals surface area contributed by atoms with E-state index >= 15 is 0 Å². The number of halogens is 1. The summed E-state index contributed by atoms with van der Waals surface area (Å²) in [5.41, 5.74) is 6.37. The number of rotatable bonds is 1. The van der Waals surface area contributed by atoms with Gasteiger partial charge in [-0.25, -0.2) is 4.79 Å². The number of nitrogens with two attached hydrogens (primary N) is 1. The molecule has 3 N–H and O–H groups in total. The van der Waals surface area contributed by atoms with Gasteiger partial charge in [-0.2, -0.15) is 0 Å². The Bertz CT molecular complexity index is 518. The summed E-state index contributed by atoms with van der Waals surface area (Å²) in [5.74, 6) is -1.05. The molecule has 0 radical (unpaired) electrons. The zero-order valence-corrected chi connectivity index (χ0v) is 8.54. The van der Waals surface area contributed by atoms with E-state index < -0.39 is 5.97 Å². The van der Waals surface area contributed by atoms with Crippen molar-refractivity contribution in [2.24, 2.45) is 0 Å². The highest BCUT2D eigenvalue weighted by Crippen LogP contribution is 2.30. The number of benzene rings is 1. The molecular formula is C9H6BrNO3. The Morgan fingerprint density at radius 2 is 2.21 bits per heavy atom. The Kier molecular flexibility index (Phi) is 1.96. The molecule has 0 aliphatic heterocycles. The van der Waals surface area contributed by atoms with Gasteiger partial charge in [0.1, 0.15) is 17.4 Å². The number of carboxylic acid groups (broad SMARTS) is 1. The fourth-order valence-corrected chi connectivity index (χ4v) is 1.68. The number of carbonyl (C=O) groups is 1. The summed E-state index contributed by atoms with van der Waals surface area (Å²) >= 11 is 3.24. The highest BCUT2D eigenvalue weighted by Gasteiger charge is 2.14. The minimum absolute atomic E-state index is 0.0747. The lowest BCUT2D eigenvalue weighted by atomic mass is 10.1. The average Bonchev–Trinajstić information content (AvgIpc) is 2.47. The summed E-state index contributed by atoms with van der Waals surface area (Å²) in [6.45, 7) is 0. The number of anilines is 1. The van der Waals surface area contributed by atoms with Gasteiger partial charge in [0.2, 0.25) is 0 Å². The topological polar surface area (TPSA) is 76.5 Å². The second-order valence-corrected chi connectivity index (χ2v) is 3.69. The minimum atomic E-state index is -1.05. The molecule has 1 aromatic heterocycles. The Labute approximate surface area is 87.4 Å². The predicted octanol–water partition coefficient (Wildman–Crippen LogP) is 2.48. The van der Waals surface area contributed by atoms with Gasteiger partial charge in [0, 0.05) is 11.1 Å². The van der Waals surface area contributed by atoms with Crippen molar-refractivity contribution in [3.05, 3.63) is 28.4 Å². The molecule has 0 saturated carbocycles. The molecule has 0 saturated heterocycles. The molecular weight excluding hydrogens is 250 g/mol. The van der Waals surface area contributed by atoms with Crippen LogP contribution in [0.1, 0.15) is 10.4 Å². The van der Waals surface area contributed by atoms with Crippen LogP contribution in [0.25, 0.3) is 11.0 Å². The standard InChI is InChI=1S/C9H6BrNO3/c10-7-3-14-8-5(7)1-4(11)2-6(8)9(12)13/h1-3H,11H2,(H,12,13). The van der Waals surface area contributed by atoms with Crippen molar-refractivity contribution in [3.63, 3.8) is 0 Å². The molecule has 0 bridgehead atoms. The van der Waals surface area contributed by atoms with Gasteiger partial charge >= 0.3 is 5.97 Å². The number of furan rings is 1. The minimum Gasteiger partial charge on any atom is -0.478 e. The lowest BCUT2D eigenvalue weighted by Crippen LogP contribution is -1.98. The van der Waals surface area contributed by atoms with Crippen LogP contribution < -0.4 is 5.73 Å². The number of hydrogen-bond acceptors (Lipinski definition) is 3. The summed E-state index contributed by atoms with van der Waals surface area (Å²) < 4.78 is 5.81. The summed E-state index contributed by atoms with van der Waals surface area (Å²) in [5, 5.41) is 9.55. The Hall–Kier alpha value is -1.49. The normalized spacial score (nSPS) is 10.6. The smallest absolute Gasteiger partial charge is 0.339 e. The fraction of sp³-hybridized carbons (Fsp3) is 0. The van der Waals surface area contributed by atoms with Crippen LogP contribution in [0, 0.1) is 0 Å². The highest BCUT2D eigenvalue weighted by atomic mass is 79.9. The molecule has 4 nitrogen and oxygen atoms in total. The van der Waals surface area contributed by atoms with Crippen molar-refractivity contribution in [2.45, 2.75) is 0 Å². The van der Waals surface area contributed by atoms with E-state index in [4.69, 9.17) is 15.3 Å². The first-order valence-corrected chi connectivity index (χ1v) is 4.58. The van der Waals surface area contributed by atoms with E-state index in [1.54, 1.807) is 6.07 Å². The van der Waals surface area contributed by atoms with Crippen molar-refractivity contribution in [2.75, 3.05) is 5.73 Å². The van der Waals surface area contributed by atoms with Gasteiger partial charge in [0.05, 0.1) is 4.47 Å². The van der Waals surface area contributed by atoms with Gasteiger partial charge < -0.3 is 15.3 Å². The first-order valence-electron chi connectivity index (χ1n) is 3.79. The van der Waals surface area contributed by atoms with E-state index in [0.29, 0.717) is 21.1 Å². The summed E-state index contributed by atoms with van der Waals surface area (Å²) in [7, 11) is 0. The van der Waals surface area contributed by atoms with Crippen molar-refractivity contribution < 1.29 is 14.3 Å². The van der Waals surface area contributed by atoms with Crippen LogP contribution in [-0.4, -0.2) is 11.1 Å². The van der Waals surface area contributed by atoms with Crippen molar-refractivity contribution in [1.82, 2.24) is 0 Å². The number of carboxylic acids is 1. The van der Waals surface area contributed by atoms with Crippen LogP contribution >= 0.6 is 15.9 Å². The third-order valence-electron chi connectivity index (χ3n) is 1.88. The highest BCUT2D eigenvalue weighted by molar-refractivity contribution is 9.10. The third-order valence-corrected chi connectivity index (χ3v) is 2.49. The van der Waals surface area contributed by atoms with Crippen LogP contribution in [0.5, 0.6) is 0 Å². The second-order valence-electron chi connectivity index (χ2n) is 2.83. The molecule has 0 aliphatic carbocycles. The fourth-order valence-electron chi connectivity index (χ4n) is 1.29. The molecule has 0 fully saturated rings. The largest absolute Gasteiger partial charge is 0.478 e. The number of fused-ring (bicyclic) bond motifs is 1. The monoisotopic (exact) mass is 255 g/mol. The first-order chi connectivity index (χ1) is 6.59. The SMILES string of the molecule is Nc1cc(C(=O)O)c2occ(Br)c2c1. The lowest BCUT2D eigenvalue weighted by Gasteiger charge is -1.98. The average molecular weight is 256 g/mol. The molecule has 0 unspecified atom stereocenters. The van der Waals surface area contributed by atoms with E-state index in [9.17, 15) is 4.79 Å². The number of hydrogen-bond donors (Lipinski definition) is 2. The van der Waals surface area contributed by atoms with Crippen molar-refractivity contribution >= 4 is 38.6 Å². The summed E-state index contributed by atoms with van der Waals surface area (Å²) in [6, 6.07) is 3.04. The van der Waals surface area contributed by atoms with Crippen molar-refractivity contribution in [1.29, 1.82) is 0 Å². The molecule has 0 aliphatic rings. The van der Waals surface area contributed by atoms with Crippen LogP contribution in [0.4, 0.5) is 5.69 Å². The van der Waals surface area contributed by atoms with Gasteiger partial charge in [-0.05, 0) is 28.1 Å². The van der Waals surface area contributed by atoms with Gasteiger partial charge in [0.15, 0.2) is 0 Å². The molecule has 72 valence electrons. The molecule has 5 heteroatoms. The first kappa shape index (κ1) is 9.08. The van der Waals surface area contributed by atoms with Crippen LogP contribution in [0.15, 0.2) is 27.3 Å². The maximum Gasteiger partial charge on any atom is 0.339 e. The zero-order valence-electron chi connectivity index (χ0n) is 6.95. The van der Waals surface area contributed by atoms with E-state index in [-0.39, 0.29) is 5.56 Å². The molecule has 0 amide bonds. The lowest BCUT2D eigenvalue weighted by molar-refractivity contribution is 0.0698. The van der Waals surface area contributed by atoms with Gasteiger partial charge in [0.25, 0.3) is 0 Å². The third kappa shape index (κ3) is 1.26. The van der Waals surface area contributed by atoms with E-state index in [1.807, 2.05) is 0 Å².